The van der Waals surface area contributed by atoms with E-state index in [1.54, 1.807) is 5.56 Å². The van der Waals surface area contributed by atoms with Gasteiger partial charge in [0.2, 0.25) is 0 Å². The van der Waals surface area contributed by atoms with E-state index in [0.717, 1.165) is 6.54 Å². The lowest BCUT2D eigenvalue weighted by molar-refractivity contribution is 0.202. The highest BCUT2D eigenvalue weighted by Crippen LogP contribution is 2.28. The number of hydrogen-bond donors (Lipinski definition) is 0. The molecule has 0 atom stereocenters. The largest absolute Gasteiger partial charge is 0.296 e. The van der Waals surface area contributed by atoms with Crippen molar-refractivity contribution in [1.29, 1.82) is 0 Å². The highest BCUT2D eigenvalue weighted by atomic mass is 32.2. The molecular weight excluding hydrogens is 202 g/mol. The van der Waals surface area contributed by atoms with Gasteiger partial charge in [0, 0.05) is 24.0 Å². The van der Waals surface area contributed by atoms with Gasteiger partial charge in [0.1, 0.15) is 0 Å². The third kappa shape index (κ3) is 2.21. The molecule has 0 unspecified atom stereocenters. The Labute approximate surface area is 96.9 Å². The van der Waals surface area contributed by atoms with Gasteiger partial charge in [-0.15, -0.1) is 11.8 Å². The minimum Gasteiger partial charge on any atom is -0.296 e. The normalized spacial score (nSPS) is 16.8. The van der Waals surface area contributed by atoms with Crippen molar-refractivity contribution < 1.29 is 0 Å². The van der Waals surface area contributed by atoms with Gasteiger partial charge >= 0.3 is 0 Å². The van der Waals surface area contributed by atoms with Crippen LogP contribution in [-0.2, 0) is 13.0 Å². The van der Waals surface area contributed by atoms with Crippen LogP contribution >= 0.6 is 11.8 Å². The molecule has 82 valence electrons. The van der Waals surface area contributed by atoms with Crippen molar-refractivity contribution >= 4 is 11.8 Å². The van der Waals surface area contributed by atoms with Crippen LogP contribution in [0.15, 0.2) is 23.1 Å². The Morgan fingerprint density at radius 2 is 2.13 bits per heavy atom. The standard InChI is InChI=1S/C13H19NS/c1-10(2)14-8-7-12-11(9-14)5-4-6-13(12)15-3/h4-6,10H,7-9H2,1-3H3. The summed E-state index contributed by atoms with van der Waals surface area (Å²) in [6.45, 7) is 6.90. The second-order valence-electron chi connectivity index (χ2n) is 4.41. The zero-order valence-corrected chi connectivity index (χ0v) is 10.6. The van der Waals surface area contributed by atoms with Crippen LogP contribution in [0.2, 0.25) is 0 Å². The van der Waals surface area contributed by atoms with Gasteiger partial charge in [0.15, 0.2) is 0 Å². The number of thioether (sulfide) groups is 1. The number of benzene rings is 1. The molecule has 0 fully saturated rings. The summed E-state index contributed by atoms with van der Waals surface area (Å²) in [5, 5.41) is 0. The van der Waals surface area contributed by atoms with Crippen molar-refractivity contribution in [2.24, 2.45) is 0 Å². The quantitative estimate of drug-likeness (QED) is 0.706. The maximum Gasteiger partial charge on any atom is 0.0239 e. The molecule has 1 aliphatic heterocycles. The first-order valence-corrected chi connectivity index (χ1v) is 6.83. The van der Waals surface area contributed by atoms with Gasteiger partial charge in [0.25, 0.3) is 0 Å². The molecule has 1 aromatic carbocycles. The van der Waals surface area contributed by atoms with E-state index < -0.39 is 0 Å². The molecule has 0 spiro atoms. The molecule has 1 aliphatic rings. The van der Waals surface area contributed by atoms with Gasteiger partial charge in [-0.1, -0.05) is 12.1 Å². The van der Waals surface area contributed by atoms with E-state index >= 15 is 0 Å². The fourth-order valence-corrected chi connectivity index (χ4v) is 2.92. The molecule has 1 aromatic rings. The van der Waals surface area contributed by atoms with E-state index in [1.807, 2.05) is 11.8 Å². The summed E-state index contributed by atoms with van der Waals surface area (Å²) in [6, 6.07) is 7.38. The van der Waals surface area contributed by atoms with Crippen molar-refractivity contribution in [3.05, 3.63) is 29.3 Å². The average Bonchev–Trinajstić information content (AvgIpc) is 2.27. The van der Waals surface area contributed by atoms with Crippen molar-refractivity contribution in [1.82, 2.24) is 4.90 Å². The molecule has 0 bridgehead atoms. The van der Waals surface area contributed by atoms with Crippen molar-refractivity contribution in [2.75, 3.05) is 12.8 Å². The minimum absolute atomic E-state index is 0.663. The molecule has 0 amide bonds. The predicted molar refractivity (Wildman–Crippen MR) is 67.5 cm³/mol. The Kier molecular flexibility index (Phi) is 3.37. The van der Waals surface area contributed by atoms with Crippen LogP contribution in [-0.4, -0.2) is 23.7 Å². The van der Waals surface area contributed by atoms with Crippen molar-refractivity contribution in [3.63, 3.8) is 0 Å². The van der Waals surface area contributed by atoms with Gasteiger partial charge in [-0.2, -0.15) is 0 Å². The molecule has 0 saturated carbocycles. The van der Waals surface area contributed by atoms with Gasteiger partial charge in [-0.3, -0.25) is 4.90 Å². The second-order valence-corrected chi connectivity index (χ2v) is 5.26. The Morgan fingerprint density at radius 1 is 1.33 bits per heavy atom. The summed E-state index contributed by atoms with van der Waals surface area (Å²) in [5.74, 6) is 0. The van der Waals surface area contributed by atoms with Crippen LogP contribution in [0.5, 0.6) is 0 Å². The monoisotopic (exact) mass is 221 g/mol. The van der Waals surface area contributed by atoms with E-state index in [2.05, 4.69) is 43.2 Å². The van der Waals surface area contributed by atoms with Crippen LogP contribution < -0.4 is 0 Å². The second kappa shape index (κ2) is 4.58. The minimum atomic E-state index is 0.663. The third-order valence-electron chi connectivity index (χ3n) is 3.20. The topological polar surface area (TPSA) is 3.24 Å². The van der Waals surface area contributed by atoms with Crippen LogP contribution in [0.4, 0.5) is 0 Å². The summed E-state index contributed by atoms with van der Waals surface area (Å²) in [4.78, 5) is 4.02. The Hall–Kier alpha value is -0.470. The lowest BCUT2D eigenvalue weighted by atomic mass is 9.99. The fourth-order valence-electron chi connectivity index (χ4n) is 2.23. The fraction of sp³-hybridized carbons (Fsp3) is 0.538. The number of hydrogen-bond acceptors (Lipinski definition) is 2. The van der Waals surface area contributed by atoms with Crippen molar-refractivity contribution in [2.45, 2.75) is 37.8 Å². The molecule has 0 aromatic heterocycles. The maximum absolute atomic E-state index is 2.55. The van der Waals surface area contributed by atoms with Gasteiger partial charge in [0.05, 0.1) is 0 Å². The lowest BCUT2D eigenvalue weighted by Gasteiger charge is -2.32. The summed E-state index contributed by atoms with van der Waals surface area (Å²) in [5.41, 5.74) is 3.11. The first-order chi connectivity index (χ1) is 7.22. The highest BCUT2D eigenvalue weighted by Gasteiger charge is 2.19. The van der Waals surface area contributed by atoms with Crippen molar-refractivity contribution in [3.8, 4) is 0 Å². The summed E-state index contributed by atoms with van der Waals surface area (Å²) < 4.78 is 0. The van der Waals surface area contributed by atoms with E-state index in [1.165, 1.54) is 23.4 Å². The molecule has 0 aliphatic carbocycles. The molecule has 1 heterocycles. The Bertz CT molecular complexity index is 346. The van der Waals surface area contributed by atoms with Crippen LogP contribution in [0.1, 0.15) is 25.0 Å². The average molecular weight is 221 g/mol. The van der Waals surface area contributed by atoms with E-state index in [-0.39, 0.29) is 0 Å². The van der Waals surface area contributed by atoms with Gasteiger partial charge < -0.3 is 0 Å². The molecule has 2 heteroatoms. The third-order valence-corrected chi connectivity index (χ3v) is 4.03. The molecule has 2 rings (SSSR count). The smallest absolute Gasteiger partial charge is 0.0239 e. The molecule has 1 nitrogen and oxygen atoms in total. The predicted octanol–water partition coefficient (Wildman–Crippen LogP) is 3.18. The van der Waals surface area contributed by atoms with Gasteiger partial charge in [-0.05, 0) is 43.7 Å². The molecule has 0 N–H and O–H groups in total. The zero-order chi connectivity index (χ0) is 10.8. The van der Waals surface area contributed by atoms with Crippen LogP contribution in [0.25, 0.3) is 0 Å². The van der Waals surface area contributed by atoms with E-state index in [4.69, 9.17) is 0 Å². The summed E-state index contributed by atoms with van der Waals surface area (Å²) >= 11 is 1.87. The number of nitrogens with zero attached hydrogens (tertiary/aromatic N) is 1. The molecular formula is C13H19NS. The summed E-state index contributed by atoms with van der Waals surface area (Å²) in [6.07, 6.45) is 3.38. The van der Waals surface area contributed by atoms with Gasteiger partial charge in [-0.25, -0.2) is 0 Å². The number of rotatable bonds is 2. The maximum atomic E-state index is 2.55. The molecule has 15 heavy (non-hydrogen) atoms. The van der Waals surface area contributed by atoms with E-state index in [9.17, 15) is 0 Å². The number of fused-ring (bicyclic) bond motifs is 1. The molecule has 0 radical (unpaired) electrons. The molecule has 0 saturated heterocycles. The first kappa shape index (κ1) is 11.0. The van der Waals surface area contributed by atoms with Crippen LogP contribution in [0, 0.1) is 0 Å². The van der Waals surface area contributed by atoms with Crippen LogP contribution in [0.3, 0.4) is 0 Å². The Morgan fingerprint density at radius 3 is 2.80 bits per heavy atom. The zero-order valence-electron chi connectivity index (χ0n) is 9.79. The highest BCUT2D eigenvalue weighted by molar-refractivity contribution is 7.98. The lowest BCUT2D eigenvalue weighted by Crippen LogP contribution is -2.36. The summed E-state index contributed by atoms with van der Waals surface area (Å²) in [7, 11) is 0. The SMILES string of the molecule is CSc1cccc2c1CCN(C(C)C)C2. The Balaban J connectivity index is 2.27. The first-order valence-electron chi connectivity index (χ1n) is 5.61. The van der Waals surface area contributed by atoms with E-state index in [0.29, 0.717) is 6.04 Å².